The average molecular weight is 395 g/mol. The summed E-state index contributed by atoms with van der Waals surface area (Å²) in [6.45, 7) is 1.71. The lowest BCUT2D eigenvalue weighted by Gasteiger charge is -2.10. The molecule has 0 unspecified atom stereocenters. The van der Waals surface area contributed by atoms with Crippen molar-refractivity contribution in [3.8, 4) is 11.5 Å². The van der Waals surface area contributed by atoms with Crippen LogP contribution in [-0.4, -0.2) is 31.1 Å². The van der Waals surface area contributed by atoms with Crippen LogP contribution in [0, 0.1) is 0 Å². The molecule has 0 aliphatic heterocycles. The van der Waals surface area contributed by atoms with Gasteiger partial charge in [-0.05, 0) is 43.1 Å². The van der Waals surface area contributed by atoms with Gasteiger partial charge >= 0.3 is 0 Å². The van der Waals surface area contributed by atoms with Crippen molar-refractivity contribution >= 4 is 16.7 Å². The number of rotatable bonds is 11. The number of nitrogens with zero attached hydrogens (tertiary/aromatic N) is 1. The molecule has 5 nitrogen and oxygen atoms in total. The molecule has 0 radical (unpaired) electrons. The SMILES string of the molecule is COc1ccc(CNCCCCCC(=O)c2cn(C)c3ccccc23)cc1OC. The topological polar surface area (TPSA) is 52.5 Å². The van der Waals surface area contributed by atoms with E-state index >= 15 is 0 Å². The van der Waals surface area contributed by atoms with Gasteiger partial charge in [-0.1, -0.05) is 30.7 Å². The molecule has 0 fully saturated rings. The van der Waals surface area contributed by atoms with Crippen molar-refractivity contribution in [3.63, 3.8) is 0 Å². The van der Waals surface area contributed by atoms with Gasteiger partial charge in [0.1, 0.15) is 0 Å². The third-order valence-corrected chi connectivity index (χ3v) is 5.23. The molecule has 0 saturated carbocycles. The van der Waals surface area contributed by atoms with Crippen LogP contribution in [0.3, 0.4) is 0 Å². The number of fused-ring (bicyclic) bond motifs is 1. The number of benzene rings is 2. The van der Waals surface area contributed by atoms with E-state index in [1.54, 1.807) is 14.2 Å². The van der Waals surface area contributed by atoms with Crippen molar-refractivity contribution in [2.75, 3.05) is 20.8 Å². The predicted octanol–water partition coefficient (Wildman–Crippen LogP) is 4.73. The third-order valence-electron chi connectivity index (χ3n) is 5.23. The maximum absolute atomic E-state index is 12.6. The van der Waals surface area contributed by atoms with Crippen LogP contribution in [0.25, 0.3) is 10.9 Å². The van der Waals surface area contributed by atoms with E-state index in [4.69, 9.17) is 9.47 Å². The molecular weight excluding hydrogens is 364 g/mol. The van der Waals surface area contributed by atoms with Crippen molar-refractivity contribution in [3.05, 3.63) is 59.8 Å². The second-order valence-electron chi connectivity index (χ2n) is 7.27. The maximum atomic E-state index is 12.6. The van der Waals surface area contributed by atoms with Crippen LogP contribution in [0.2, 0.25) is 0 Å². The van der Waals surface area contributed by atoms with Crippen LogP contribution in [0.1, 0.15) is 41.6 Å². The Bertz CT molecular complexity index is 962. The molecule has 3 rings (SSSR count). The summed E-state index contributed by atoms with van der Waals surface area (Å²) in [5, 5.41) is 4.51. The number of methoxy groups -OCH3 is 2. The molecule has 1 aromatic heterocycles. The number of Topliss-reactive ketones (excluding diaryl/α,β-unsaturated/α-hetero) is 1. The molecule has 29 heavy (non-hydrogen) atoms. The van der Waals surface area contributed by atoms with E-state index in [2.05, 4.69) is 11.4 Å². The Morgan fingerprint density at radius 3 is 2.59 bits per heavy atom. The molecule has 0 atom stereocenters. The van der Waals surface area contributed by atoms with Gasteiger partial charge in [0.2, 0.25) is 0 Å². The lowest BCUT2D eigenvalue weighted by molar-refractivity contribution is 0.0980. The number of hydrogen-bond acceptors (Lipinski definition) is 4. The summed E-state index contributed by atoms with van der Waals surface area (Å²) in [5.74, 6) is 1.73. The molecule has 154 valence electrons. The lowest BCUT2D eigenvalue weighted by atomic mass is 10.0. The Morgan fingerprint density at radius 2 is 1.79 bits per heavy atom. The summed E-state index contributed by atoms with van der Waals surface area (Å²) >= 11 is 0. The standard InChI is InChI=1S/C24H30N2O3/c1-26-17-20(19-9-6-7-10-21(19)26)22(27)11-5-4-8-14-25-16-18-12-13-23(28-2)24(15-18)29-3/h6-7,9-10,12-13,15,17,25H,4-5,8,11,14,16H2,1-3H3. The monoisotopic (exact) mass is 394 g/mol. The second kappa shape index (κ2) is 10.1. The zero-order chi connectivity index (χ0) is 20.6. The number of unbranched alkanes of at least 4 members (excludes halogenated alkanes) is 2. The number of carbonyl (C=O) groups is 1. The first-order valence-corrected chi connectivity index (χ1v) is 10.1. The number of carbonyl (C=O) groups excluding carboxylic acids is 1. The summed E-state index contributed by atoms with van der Waals surface area (Å²) < 4.78 is 12.6. The minimum Gasteiger partial charge on any atom is -0.493 e. The van der Waals surface area contributed by atoms with E-state index < -0.39 is 0 Å². The van der Waals surface area contributed by atoms with Gasteiger partial charge in [0, 0.05) is 42.7 Å². The highest BCUT2D eigenvalue weighted by Gasteiger charge is 2.13. The van der Waals surface area contributed by atoms with Gasteiger partial charge in [-0.3, -0.25) is 4.79 Å². The van der Waals surface area contributed by atoms with Crippen LogP contribution in [0.5, 0.6) is 11.5 Å². The molecule has 5 heteroatoms. The number of para-hydroxylation sites is 1. The average Bonchev–Trinajstić information content (AvgIpc) is 3.09. The number of aryl methyl sites for hydroxylation is 1. The predicted molar refractivity (Wildman–Crippen MR) is 117 cm³/mol. The van der Waals surface area contributed by atoms with Crippen LogP contribution >= 0.6 is 0 Å². The van der Waals surface area contributed by atoms with Gasteiger partial charge in [0.15, 0.2) is 17.3 Å². The van der Waals surface area contributed by atoms with Crippen LogP contribution in [0.15, 0.2) is 48.7 Å². The first kappa shape index (κ1) is 20.9. The number of nitrogens with one attached hydrogen (secondary N) is 1. The number of aromatic nitrogens is 1. The molecule has 2 aromatic carbocycles. The summed E-state index contributed by atoms with van der Waals surface area (Å²) in [5.41, 5.74) is 3.11. The summed E-state index contributed by atoms with van der Waals surface area (Å²) in [4.78, 5) is 12.6. The maximum Gasteiger partial charge on any atom is 0.165 e. The smallest absolute Gasteiger partial charge is 0.165 e. The van der Waals surface area contributed by atoms with E-state index in [0.29, 0.717) is 6.42 Å². The van der Waals surface area contributed by atoms with E-state index in [-0.39, 0.29) is 5.78 Å². The molecule has 1 N–H and O–H groups in total. The van der Waals surface area contributed by atoms with Crippen molar-refractivity contribution in [1.82, 2.24) is 9.88 Å². The van der Waals surface area contributed by atoms with Crippen molar-refractivity contribution in [1.29, 1.82) is 0 Å². The molecular formula is C24H30N2O3. The Hall–Kier alpha value is -2.79. The quantitative estimate of drug-likeness (QED) is 0.377. The molecule has 0 aliphatic carbocycles. The fourth-order valence-electron chi connectivity index (χ4n) is 3.63. The van der Waals surface area contributed by atoms with Crippen LogP contribution < -0.4 is 14.8 Å². The Labute approximate surface area is 172 Å². The lowest BCUT2D eigenvalue weighted by Crippen LogP contribution is -2.14. The number of ether oxygens (including phenoxy) is 2. The molecule has 0 aliphatic rings. The highest BCUT2D eigenvalue weighted by atomic mass is 16.5. The van der Waals surface area contributed by atoms with Crippen LogP contribution in [-0.2, 0) is 13.6 Å². The van der Waals surface area contributed by atoms with Crippen molar-refractivity contribution in [2.24, 2.45) is 7.05 Å². The first-order chi connectivity index (χ1) is 14.1. The fourth-order valence-corrected chi connectivity index (χ4v) is 3.63. The summed E-state index contributed by atoms with van der Waals surface area (Å²) in [6, 6.07) is 14.0. The molecule has 0 saturated heterocycles. The van der Waals surface area contributed by atoms with Gasteiger partial charge in [0.05, 0.1) is 14.2 Å². The van der Waals surface area contributed by atoms with E-state index in [9.17, 15) is 4.79 Å². The summed E-state index contributed by atoms with van der Waals surface area (Å²) in [6.07, 6.45) is 5.56. The van der Waals surface area contributed by atoms with Gasteiger partial charge < -0.3 is 19.4 Å². The van der Waals surface area contributed by atoms with E-state index in [1.165, 1.54) is 0 Å². The van der Waals surface area contributed by atoms with Gasteiger partial charge in [-0.2, -0.15) is 0 Å². The minimum absolute atomic E-state index is 0.236. The fraction of sp³-hybridized carbons (Fsp3) is 0.375. The third kappa shape index (κ3) is 5.18. The number of ketones is 1. The highest BCUT2D eigenvalue weighted by molar-refractivity contribution is 6.08. The normalized spacial score (nSPS) is 11.0. The Kier molecular flexibility index (Phi) is 7.30. The Balaban J connectivity index is 1.37. The molecule has 0 spiro atoms. The highest BCUT2D eigenvalue weighted by Crippen LogP contribution is 2.27. The molecule has 1 heterocycles. The van der Waals surface area contributed by atoms with E-state index in [0.717, 1.165) is 65.9 Å². The second-order valence-corrected chi connectivity index (χ2v) is 7.27. The number of hydrogen-bond donors (Lipinski definition) is 1. The van der Waals surface area contributed by atoms with Crippen molar-refractivity contribution in [2.45, 2.75) is 32.2 Å². The largest absolute Gasteiger partial charge is 0.493 e. The Morgan fingerprint density at radius 1 is 1.00 bits per heavy atom. The molecule has 0 bridgehead atoms. The van der Waals surface area contributed by atoms with Gasteiger partial charge in [-0.15, -0.1) is 0 Å². The van der Waals surface area contributed by atoms with Crippen LogP contribution in [0.4, 0.5) is 0 Å². The van der Waals surface area contributed by atoms with Gasteiger partial charge in [-0.25, -0.2) is 0 Å². The molecule has 3 aromatic rings. The zero-order valence-corrected chi connectivity index (χ0v) is 17.5. The summed E-state index contributed by atoms with van der Waals surface area (Å²) in [7, 11) is 5.28. The van der Waals surface area contributed by atoms with E-state index in [1.807, 2.05) is 54.2 Å². The minimum atomic E-state index is 0.236. The molecule has 0 amide bonds. The van der Waals surface area contributed by atoms with Gasteiger partial charge in [0.25, 0.3) is 0 Å². The zero-order valence-electron chi connectivity index (χ0n) is 17.5. The first-order valence-electron chi connectivity index (χ1n) is 10.1. The van der Waals surface area contributed by atoms with Crippen molar-refractivity contribution < 1.29 is 14.3 Å².